The number of benzene rings is 1. The van der Waals surface area contributed by atoms with E-state index in [9.17, 15) is 18.0 Å². The van der Waals surface area contributed by atoms with Gasteiger partial charge in [0.1, 0.15) is 18.0 Å². The summed E-state index contributed by atoms with van der Waals surface area (Å²) in [7, 11) is -2.28. The molecule has 0 unspecified atom stereocenters. The van der Waals surface area contributed by atoms with E-state index in [1.807, 2.05) is 32.0 Å². The summed E-state index contributed by atoms with van der Waals surface area (Å²) in [5.41, 5.74) is 3.31. The number of nitrogens with zero attached hydrogens (tertiary/aromatic N) is 4. The van der Waals surface area contributed by atoms with Crippen LogP contribution >= 0.6 is 11.3 Å². The van der Waals surface area contributed by atoms with Crippen LogP contribution in [0.5, 0.6) is 0 Å². The second-order valence-electron chi connectivity index (χ2n) is 7.08. The second kappa shape index (κ2) is 9.59. The number of nitrogens with one attached hydrogen (secondary N) is 1. The Morgan fingerprint density at radius 3 is 2.62 bits per heavy atom. The predicted molar refractivity (Wildman–Crippen MR) is 119 cm³/mol. The zero-order valence-corrected chi connectivity index (χ0v) is 19.7. The van der Waals surface area contributed by atoms with Crippen molar-refractivity contribution in [3.8, 4) is 0 Å². The molecule has 1 aromatic carbocycles. The van der Waals surface area contributed by atoms with Gasteiger partial charge in [0.2, 0.25) is 15.9 Å². The van der Waals surface area contributed by atoms with Gasteiger partial charge in [0.25, 0.3) is 0 Å². The number of amides is 1. The average Bonchev–Trinajstić information content (AvgIpc) is 3.37. The van der Waals surface area contributed by atoms with Crippen LogP contribution in [0.25, 0.3) is 0 Å². The minimum atomic E-state index is -3.86. The van der Waals surface area contributed by atoms with Gasteiger partial charge in [-0.1, -0.05) is 6.07 Å². The van der Waals surface area contributed by atoms with Gasteiger partial charge in [-0.25, -0.2) is 13.4 Å². The molecule has 0 atom stereocenters. The minimum absolute atomic E-state index is 0.0485. The van der Waals surface area contributed by atoms with Crippen molar-refractivity contribution in [2.45, 2.75) is 32.3 Å². The molecule has 0 aliphatic rings. The van der Waals surface area contributed by atoms with E-state index in [1.54, 1.807) is 12.4 Å². The molecule has 3 rings (SSSR count). The highest BCUT2D eigenvalue weighted by Crippen LogP contribution is 2.30. The smallest absolute Gasteiger partial charge is 0.321 e. The number of aromatic nitrogens is 3. The molecule has 0 spiro atoms. The van der Waals surface area contributed by atoms with Crippen LogP contribution in [-0.4, -0.2) is 41.6 Å². The number of rotatable bonds is 8. The quantitative estimate of drug-likeness (QED) is 0.493. The fourth-order valence-corrected chi connectivity index (χ4v) is 4.56. The Bertz CT molecular complexity index is 1250. The molecular weight excluding hydrogens is 454 g/mol. The van der Waals surface area contributed by atoms with Crippen molar-refractivity contribution in [2.75, 3.05) is 11.4 Å². The number of hydrogen-bond donors (Lipinski definition) is 1. The maximum atomic E-state index is 12.3. The number of carbonyl (C=O) groups is 2. The molecule has 2 heterocycles. The number of esters is 1. The number of aryl methyl sites for hydroxylation is 3. The van der Waals surface area contributed by atoms with Crippen LogP contribution in [0, 0.1) is 13.8 Å². The third-order valence-electron chi connectivity index (χ3n) is 4.57. The van der Waals surface area contributed by atoms with Gasteiger partial charge in [-0.05, 0) is 37.1 Å². The van der Waals surface area contributed by atoms with Gasteiger partial charge in [-0.2, -0.15) is 9.82 Å². The molecule has 1 amide bonds. The summed E-state index contributed by atoms with van der Waals surface area (Å²) < 4.78 is 32.9. The second-order valence-corrected chi connectivity index (χ2v) is 9.68. The lowest BCUT2D eigenvalue weighted by Crippen LogP contribution is -2.30. The molecule has 3 aromatic rings. The Morgan fingerprint density at radius 1 is 1.25 bits per heavy atom. The van der Waals surface area contributed by atoms with Crippen molar-refractivity contribution < 1.29 is 22.7 Å². The largest absolute Gasteiger partial charge is 0.458 e. The third-order valence-corrected chi connectivity index (χ3v) is 6.80. The van der Waals surface area contributed by atoms with Gasteiger partial charge in [-0.15, -0.1) is 11.3 Å². The Morgan fingerprint density at radius 2 is 2.00 bits per heavy atom. The summed E-state index contributed by atoms with van der Waals surface area (Å²) >= 11 is 1.24. The van der Waals surface area contributed by atoms with E-state index in [0.29, 0.717) is 16.5 Å². The first kappa shape index (κ1) is 23.6. The molecule has 0 saturated carbocycles. The monoisotopic (exact) mass is 477 g/mol. The molecule has 0 aliphatic carbocycles. The number of thiazole rings is 1. The molecule has 0 radical (unpaired) electrons. The molecule has 2 aromatic heterocycles. The van der Waals surface area contributed by atoms with Crippen LogP contribution in [0.15, 0.2) is 40.9 Å². The van der Waals surface area contributed by atoms with Crippen LogP contribution in [0.1, 0.15) is 23.7 Å². The van der Waals surface area contributed by atoms with Crippen LogP contribution < -0.4 is 9.62 Å². The van der Waals surface area contributed by atoms with Crippen molar-refractivity contribution in [3.05, 3.63) is 52.8 Å². The summed E-state index contributed by atoms with van der Waals surface area (Å²) in [5.74, 6) is -0.958. The van der Waals surface area contributed by atoms with E-state index >= 15 is 0 Å². The molecule has 0 saturated heterocycles. The van der Waals surface area contributed by atoms with Gasteiger partial charge >= 0.3 is 5.97 Å². The lowest BCUT2D eigenvalue weighted by atomic mass is 10.1. The average molecular weight is 478 g/mol. The van der Waals surface area contributed by atoms with Crippen LogP contribution in [0.2, 0.25) is 0 Å². The van der Waals surface area contributed by atoms with Crippen LogP contribution in [0.4, 0.5) is 10.8 Å². The highest BCUT2D eigenvalue weighted by atomic mass is 32.2. The van der Waals surface area contributed by atoms with Gasteiger partial charge in [0.15, 0.2) is 5.13 Å². The Labute approximate surface area is 189 Å². The zero-order chi connectivity index (χ0) is 23.5. The minimum Gasteiger partial charge on any atom is -0.458 e. The first-order valence-electron chi connectivity index (χ1n) is 9.53. The van der Waals surface area contributed by atoms with Crippen molar-refractivity contribution in [2.24, 2.45) is 7.05 Å². The molecule has 0 bridgehead atoms. The number of hydrogen-bond acceptors (Lipinski definition) is 8. The van der Waals surface area contributed by atoms with Crippen LogP contribution in [-0.2, 0) is 38.0 Å². The van der Waals surface area contributed by atoms with E-state index in [-0.39, 0.29) is 17.4 Å². The molecule has 12 heteroatoms. The molecule has 32 heavy (non-hydrogen) atoms. The van der Waals surface area contributed by atoms with Crippen molar-refractivity contribution in [1.82, 2.24) is 19.5 Å². The fourth-order valence-electron chi connectivity index (χ4n) is 2.74. The van der Waals surface area contributed by atoms with Crippen molar-refractivity contribution >= 4 is 44.1 Å². The molecule has 170 valence electrons. The Kier molecular flexibility index (Phi) is 7.06. The summed E-state index contributed by atoms with van der Waals surface area (Å²) in [6.45, 7) is 4.72. The number of carbonyl (C=O) groups excluding carboxylic acids is 2. The number of anilines is 2. The first-order chi connectivity index (χ1) is 15.1. The van der Waals surface area contributed by atoms with Crippen molar-refractivity contribution in [1.29, 1.82) is 0 Å². The van der Waals surface area contributed by atoms with E-state index < -0.39 is 22.5 Å². The number of sulfonamides is 1. The summed E-state index contributed by atoms with van der Waals surface area (Å²) in [4.78, 5) is 30.1. The van der Waals surface area contributed by atoms with E-state index in [1.165, 1.54) is 40.2 Å². The maximum absolute atomic E-state index is 12.3. The molecule has 1 N–H and O–H groups in total. The Balaban J connectivity index is 1.61. The zero-order valence-electron chi connectivity index (χ0n) is 18.0. The highest BCUT2D eigenvalue weighted by molar-refractivity contribution is 7.89. The SMILES string of the molecule is CC(=O)N(c1ccc(C)c(C)c1)c1nc(COC(=O)CNS(=O)(=O)c2cnn(C)c2)cs1. The van der Waals surface area contributed by atoms with Crippen molar-refractivity contribution in [3.63, 3.8) is 0 Å². The normalized spacial score (nSPS) is 11.4. The van der Waals surface area contributed by atoms with Gasteiger partial charge in [0, 0.05) is 25.5 Å². The maximum Gasteiger partial charge on any atom is 0.321 e. The molecule has 0 aliphatic heterocycles. The first-order valence-corrected chi connectivity index (χ1v) is 11.9. The highest BCUT2D eigenvalue weighted by Gasteiger charge is 2.20. The van der Waals surface area contributed by atoms with E-state index in [2.05, 4.69) is 14.8 Å². The van der Waals surface area contributed by atoms with Crippen LogP contribution in [0.3, 0.4) is 0 Å². The summed E-state index contributed by atoms with van der Waals surface area (Å²) in [5, 5.41) is 5.92. The molecular formula is C20H23N5O5S2. The topological polar surface area (TPSA) is 123 Å². The fraction of sp³-hybridized carbons (Fsp3) is 0.300. The van der Waals surface area contributed by atoms with Gasteiger partial charge in [-0.3, -0.25) is 19.2 Å². The van der Waals surface area contributed by atoms with Gasteiger partial charge < -0.3 is 4.74 Å². The summed E-state index contributed by atoms with van der Waals surface area (Å²) in [6.07, 6.45) is 2.50. The standard InChI is InChI=1S/C20H23N5O5S2/c1-13-5-6-17(7-14(13)2)25(15(3)26)20-23-16(12-31-20)11-30-19(27)9-22-32(28,29)18-8-21-24(4)10-18/h5-8,10,12,22H,9,11H2,1-4H3. The predicted octanol–water partition coefficient (Wildman–Crippen LogP) is 2.20. The molecule has 10 nitrogen and oxygen atoms in total. The summed E-state index contributed by atoms with van der Waals surface area (Å²) in [6, 6.07) is 5.69. The van der Waals surface area contributed by atoms with E-state index in [4.69, 9.17) is 4.74 Å². The van der Waals surface area contributed by atoms with Gasteiger partial charge in [0.05, 0.1) is 17.6 Å². The molecule has 0 fully saturated rings. The number of ether oxygens (including phenoxy) is 1. The van der Waals surface area contributed by atoms with E-state index in [0.717, 1.165) is 11.1 Å². The lowest BCUT2D eigenvalue weighted by molar-refractivity contribution is -0.143. The lowest BCUT2D eigenvalue weighted by Gasteiger charge is -2.19. The third kappa shape index (κ3) is 5.58. The Hall–Kier alpha value is -3.09.